The number of benzene rings is 2. The average Bonchev–Trinajstić information content (AvgIpc) is 2.62. The molecule has 0 unspecified atom stereocenters. The number of anilines is 3. The number of aromatic nitrogens is 2. The van der Waals surface area contributed by atoms with Crippen LogP contribution in [0.3, 0.4) is 0 Å². The normalized spacial score (nSPS) is 10.3. The molecule has 1 heterocycles. The third-order valence-electron chi connectivity index (χ3n) is 3.63. The molecule has 0 aliphatic carbocycles. The Balaban J connectivity index is 1.60. The molecule has 2 N–H and O–H groups in total. The van der Waals surface area contributed by atoms with Gasteiger partial charge in [-0.15, -0.1) is 0 Å². The van der Waals surface area contributed by atoms with Gasteiger partial charge in [-0.05, 0) is 42.3 Å². The third kappa shape index (κ3) is 4.67. The Kier molecular flexibility index (Phi) is 5.41. The van der Waals surface area contributed by atoms with Gasteiger partial charge in [0.25, 0.3) is 0 Å². The maximum Gasteiger partial charge on any atom is 0.229 e. The summed E-state index contributed by atoms with van der Waals surface area (Å²) >= 11 is 0. The Morgan fingerprint density at radius 2 is 1.96 bits per heavy atom. The highest BCUT2D eigenvalue weighted by molar-refractivity contribution is 5.54. The van der Waals surface area contributed by atoms with E-state index in [1.807, 2.05) is 24.3 Å². The van der Waals surface area contributed by atoms with Gasteiger partial charge < -0.3 is 15.4 Å². The monoisotopic (exact) mass is 338 g/mol. The van der Waals surface area contributed by atoms with Crippen molar-refractivity contribution in [2.75, 3.05) is 24.3 Å². The van der Waals surface area contributed by atoms with Crippen molar-refractivity contribution in [1.82, 2.24) is 9.97 Å². The maximum atomic E-state index is 13.2. The molecule has 6 heteroatoms. The number of halogens is 1. The fraction of sp³-hybridized carbons (Fsp3) is 0.158. The third-order valence-corrected chi connectivity index (χ3v) is 3.63. The minimum absolute atomic E-state index is 0.309. The molecule has 0 saturated carbocycles. The fourth-order valence-corrected chi connectivity index (χ4v) is 2.45. The lowest BCUT2D eigenvalue weighted by molar-refractivity contribution is 0.410. The van der Waals surface area contributed by atoms with Crippen molar-refractivity contribution in [1.29, 1.82) is 0 Å². The average molecular weight is 338 g/mol. The van der Waals surface area contributed by atoms with Gasteiger partial charge in [-0.1, -0.05) is 24.3 Å². The molecule has 0 saturated heterocycles. The smallest absolute Gasteiger partial charge is 0.229 e. The maximum absolute atomic E-state index is 13.2. The lowest BCUT2D eigenvalue weighted by Crippen LogP contribution is -2.08. The predicted octanol–water partition coefficient (Wildman–Crippen LogP) is 4.02. The van der Waals surface area contributed by atoms with Crippen molar-refractivity contribution >= 4 is 17.5 Å². The van der Waals surface area contributed by atoms with Crippen LogP contribution in [-0.2, 0) is 6.42 Å². The second-order valence-corrected chi connectivity index (χ2v) is 5.39. The van der Waals surface area contributed by atoms with Crippen LogP contribution in [-0.4, -0.2) is 23.6 Å². The van der Waals surface area contributed by atoms with E-state index in [1.165, 1.54) is 12.1 Å². The number of hydrogen-bond donors (Lipinski definition) is 2. The first-order chi connectivity index (χ1) is 12.2. The fourth-order valence-electron chi connectivity index (χ4n) is 2.45. The summed E-state index contributed by atoms with van der Waals surface area (Å²) in [5, 5.41) is 6.25. The molecule has 0 atom stereocenters. The Bertz CT molecular complexity index is 841. The summed E-state index contributed by atoms with van der Waals surface area (Å²) in [6.07, 6.45) is 2.46. The van der Waals surface area contributed by atoms with E-state index in [4.69, 9.17) is 4.74 Å². The standard InChI is InChI=1S/C19H19FN4O/c1-25-17-8-3-2-5-14(17)9-11-21-18-10-12-22-19(24-18)23-16-7-4-6-15(20)13-16/h2-8,10,12-13H,9,11H2,1H3,(H2,21,22,23,24). The van der Waals surface area contributed by atoms with Gasteiger partial charge in [0.2, 0.25) is 5.95 Å². The predicted molar refractivity (Wildman–Crippen MR) is 96.9 cm³/mol. The van der Waals surface area contributed by atoms with Gasteiger partial charge in [0.1, 0.15) is 17.4 Å². The second kappa shape index (κ2) is 8.10. The van der Waals surface area contributed by atoms with E-state index < -0.39 is 0 Å². The Labute approximate surface area is 145 Å². The minimum atomic E-state index is -0.309. The van der Waals surface area contributed by atoms with Crippen LogP contribution < -0.4 is 15.4 Å². The highest BCUT2D eigenvalue weighted by Gasteiger charge is 2.03. The zero-order valence-electron chi connectivity index (χ0n) is 13.9. The van der Waals surface area contributed by atoms with Crippen LogP contribution in [0.5, 0.6) is 5.75 Å². The molecule has 0 aliphatic rings. The lowest BCUT2D eigenvalue weighted by atomic mass is 10.1. The lowest BCUT2D eigenvalue weighted by Gasteiger charge is -2.10. The van der Waals surface area contributed by atoms with E-state index in [1.54, 1.807) is 31.5 Å². The van der Waals surface area contributed by atoms with Gasteiger partial charge in [-0.25, -0.2) is 9.37 Å². The van der Waals surface area contributed by atoms with Crippen LogP contribution >= 0.6 is 0 Å². The molecular formula is C19H19FN4O. The van der Waals surface area contributed by atoms with Crippen LogP contribution in [0.2, 0.25) is 0 Å². The van der Waals surface area contributed by atoms with Gasteiger partial charge in [-0.2, -0.15) is 4.98 Å². The van der Waals surface area contributed by atoms with Crippen LogP contribution in [0.25, 0.3) is 0 Å². The zero-order valence-corrected chi connectivity index (χ0v) is 13.9. The number of ether oxygens (including phenoxy) is 1. The van der Waals surface area contributed by atoms with E-state index in [0.29, 0.717) is 24.0 Å². The first kappa shape index (κ1) is 16.7. The van der Waals surface area contributed by atoms with Crippen molar-refractivity contribution in [3.05, 3.63) is 72.2 Å². The Morgan fingerprint density at radius 1 is 1.08 bits per heavy atom. The number of nitrogens with zero attached hydrogens (tertiary/aromatic N) is 2. The van der Waals surface area contributed by atoms with Crippen LogP contribution in [0.15, 0.2) is 60.8 Å². The summed E-state index contributed by atoms with van der Waals surface area (Å²) in [5.41, 5.74) is 1.73. The largest absolute Gasteiger partial charge is 0.496 e. The van der Waals surface area contributed by atoms with E-state index in [9.17, 15) is 4.39 Å². The highest BCUT2D eigenvalue weighted by Crippen LogP contribution is 2.18. The summed E-state index contributed by atoms with van der Waals surface area (Å²) in [6.45, 7) is 0.705. The SMILES string of the molecule is COc1ccccc1CCNc1ccnc(Nc2cccc(F)c2)n1. The summed E-state index contributed by atoms with van der Waals surface area (Å²) in [6, 6.07) is 15.9. The molecule has 1 aromatic heterocycles. The first-order valence-corrected chi connectivity index (χ1v) is 7.96. The Morgan fingerprint density at radius 3 is 2.80 bits per heavy atom. The van der Waals surface area contributed by atoms with Crippen molar-refractivity contribution in [3.63, 3.8) is 0 Å². The molecular weight excluding hydrogens is 319 g/mol. The molecule has 0 amide bonds. The molecule has 0 spiro atoms. The van der Waals surface area contributed by atoms with Crippen molar-refractivity contribution in [3.8, 4) is 5.75 Å². The minimum Gasteiger partial charge on any atom is -0.496 e. The van der Waals surface area contributed by atoms with Gasteiger partial charge >= 0.3 is 0 Å². The van der Waals surface area contributed by atoms with E-state index in [2.05, 4.69) is 20.6 Å². The summed E-state index contributed by atoms with van der Waals surface area (Å²) in [7, 11) is 1.67. The van der Waals surface area contributed by atoms with Crippen LogP contribution in [0.1, 0.15) is 5.56 Å². The number of rotatable bonds is 7. The molecule has 5 nitrogen and oxygen atoms in total. The quantitative estimate of drug-likeness (QED) is 0.681. The van der Waals surface area contributed by atoms with Gasteiger partial charge in [0, 0.05) is 18.4 Å². The van der Waals surface area contributed by atoms with Crippen molar-refractivity contribution in [2.24, 2.45) is 0 Å². The highest BCUT2D eigenvalue weighted by atomic mass is 19.1. The number of hydrogen-bond acceptors (Lipinski definition) is 5. The topological polar surface area (TPSA) is 59.1 Å². The van der Waals surface area contributed by atoms with Crippen molar-refractivity contribution < 1.29 is 9.13 Å². The summed E-state index contributed by atoms with van der Waals surface area (Å²) < 4.78 is 18.6. The van der Waals surface area contributed by atoms with E-state index >= 15 is 0 Å². The second-order valence-electron chi connectivity index (χ2n) is 5.39. The summed E-state index contributed by atoms with van der Waals surface area (Å²) in [5.74, 6) is 1.67. The number of methoxy groups -OCH3 is 1. The first-order valence-electron chi connectivity index (χ1n) is 7.96. The van der Waals surface area contributed by atoms with E-state index in [-0.39, 0.29) is 5.82 Å². The molecule has 3 aromatic rings. The van der Waals surface area contributed by atoms with E-state index in [0.717, 1.165) is 17.7 Å². The molecule has 0 radical (unpaired) electrons. The molecule has 3 rings (SSSR count). The summed E-state index contributed by atoms with van der Waals surface area (Å²) in [4.78, 5) is 8.54. The molecule has 0 fully saturated rings. The molecule has 2 aromatic carbocycles. The zero-order chi connectivity index (χ0) is 17.5. The molecule has 0 bridgehead atoms. The number of nitrogens with one attached hydrogen (secondary N) is 2. The molecule has 0 aliphatic heterocycles. The Hall–Kier alpha value is -3.15. The molecule has 25 heavy (non-hydrogen) atoms. The van der Waals surface area contributed by atoms with Gasteiger partial charge in [0.15, 0.2) is 0 Å². The van der Waals surface area contributed by atoms with Crippen LogP contribution in [0.4, 0.5) is 21.8 Å². The van der Waals surface area contributed by atoms with Gasteiger partial charge in [0.05, 0.1) is 7.11 Å². The number of para-hydroxylation sites is 1. The van der Waals surface area contributed by atoms with Crippen molar-refractivity contribution in [2.45, 2.75) is 6.42 Å². The van der Waals surface area contributed by atoms with Gasteiger partial charge in [-0.3, -0.25) is 0 Å². The molecule has 128 valence electrons. The van der Waals surface area contributed by atoms with Crippen LogP contribution in [0, 0.1) is 5.82 Å².